The number of aliphatic hydroxyl groups excluding tert-OH is 1. The van der Waals surface area contributed by atoms with Gasteiger partial charge >= 0.3 is 0 Å². The van der Waals surface area contributed by atoms with Gasteiger partial charge in [0.05, 0.1) is 6.10 Å². The van der Waals surface area contributed by atoms with Crippen LogP contribution in [0.2, 0.25) is 0 Å². The molecule has 0 heterocycles. The summed E-state index contributed by atoms with van der Waals surface area (Å²) in [6.07, 6.45) is 1.62. The molecule has 0 aliphatic heterocycles. The Morgan fingerprint density at radius 2 is 1.52 bits per heavy atom. The molecule has 1 amide bonds. The summed E-state index contributed by atoms with van der Waals surface area (Å²) in [7, 11) is 0. The zero-order valence-electron chi connectivity index (χ0n) is 16.5. The zero-order chi connectivity index (χ0) is 20.5. The molecular weight excluding hydrogens is 360 g/mol. The maximum absolute atomic E-state index is 12.1. The molecule has 3 aromatic carbocycles. The van der Waals surface area contributed by atoms with Crippen LogP contribution in [-0.2, 0) is 0 Å². The Hall–Kier alpha value is -3.37. The van der Waals surface area contributed by atoms with Crippen molar-refractivity contribution in [2.45, 2.75) is 13.0 Å². The van der Waals surface area contributed by atoms with Crippen molar-refractivity contribution in [2.75, 3.05) is 18.4 Å². The van der Waals surface area contributed by atoms with Crippen LogP contribution in [0.3, 0.4) is 0 Å². The van der Waals surface area contributed by atoms with Gasteiger partial charge in [0.1, 0.15) is 0 Å². The first kappa shape index (κ1) is 20.4. The molecule has 0 fully saturated rings. The topological polar surface area (TPSA) is 61.4 Å². The van der Waals surface area contributed by atoms with Crippen molar-refractivity contribution in [2.24, 2.45) is 0 Å². The first-order chi connectivity index (χ1) is 14.1. The second kappa shape index (κ2) is 10.2. The first-order valence-corrected chi connectivity index (χ1v) is 9.73. The molecule has 29 heavy (non-hydrogen) atoms. The maximum Gasteiger partial charge on any atom is 0.251 e. The van der Waals surface area contributed by atoms with Crippen molar-refractivity contribution in [1.82, 2.24) is 5.32 Å². The highest BCUT2D eigenvalue weighted by Gasteiger charge is 2.07. The Morgan fingerprint density at radius 3 is 2.14 bits per heavy atom. The largest absolute Gasteiger partial charge is 0.392 e. The van der Waals surface area contributed by atoms with Crippen molar-refractivity contribution in [3.8, 4) is 0 Å². The molecule has 0 aliphatic carbocycles. The van der Waals surface area contributed by atoms with Gasteiger partial charge in [0.25, 0.3) is 5.91 Å². The Kier molecular flexibility index (Phi) is 7.20. The number of anilines is 1. The highest BCUT2D eigenvalue weighted by atomic mass is 16.3. The van der Waals surface area contributed by atoms with E-state index in [1.807, 2.05) is 48.5 Å². The fourth-order valence-electron chi connectivity index (χ4n) is 2.92. The van der Waals surface area contributed by atoms with E-state index in [0.717, 1.165) is 16.8 Å². The molecule has 1 unspecified atom stereocenters. The number of nitrogens with one attached hydrogen (secondary N) is 2. The third-order valence-corrected chi connectivity index (χ3v) is 4.47. The lowest BCUT2D eigenvalue weighted by atomic mass is 10.0. The Bertz CT molecular complexity index is 934. The molecule has 148 valence electrons. The van der Waals surface area contributed by atoms with E-state index in [9.17, 15) is 9.90 Å². The molecule has 4 nitrogen and oxygen atoms in total. The molecule has 0 aliphatic rings. The summed E-state index contributed by atoms with van der Waals surface area (Å²) in [6.45, 7) is 2.54. The number of aliphatic hydroxyl groups is 1. The van der Waals surface area contributed by atoms with Crippen molar-refractivity contribution < 1.29 is 9.90 Å². The molecule has 0 aromatic heterocycles. The molecule has 3 N–H and O–H groups in total. The molecule has 0 saturated heterocycles. The van der Waals surface area contributed by atoms with Gasteiger partial charge in [-0.1, -0.05) is 60.7 Å². The highest BCUT2D eigenvalue weighted by Crippen LogP contribution is 2.20. The average Bonchev–Trinajstić information content (AvgIpc) is 2.76. The van der Waals surface area contributed by atoms with Crippen molar-refractivity contribution in [3.05, 3.63) is 102 Å². The van der Waals surface area contributed by atoms with Gasteiger partial charge in [0.2, 0.25) is 0 Å². The normalized spacial score (nSPS) is 12.3. The Labute approximate surface area is 171 Å². The number of carbonyl (C=O) groups is 1. The molecule has 4 heteroatoms. The fraction of sp³-hybridized carbons (Fsp3) is 0.160. The summed E-state index contributed by atoms with van der Waals surface area (Å²) in [4.78, 5) is 12.1. The van der Waals surface area contributed by atoms with Gasteiger partial charge in [-0.05, 0) is 54.0 Å². The molecule has 3 rings (SSSR count). The lowest BCUT2D eigenvalue weighted by molar-refractivity contribution is 0.0924. The third kappa shape index (κ3) is 6.33. The number of amides is 1. The smallest absolute Gasteiger partial charge is 0.251 e. The van der Waals surface area contributed by atoms with Gasteiger partial charge < -0.3 is 15.7 Å². The SMILES string of the molecule is CC(O)CNC(=O)c1ccc(NC/C(=C/c2ccccc2)c2ccccc2)cc1. The van der Waals surface area contributed by atoms with E-state index in [1.54, 1.807) is 19.1 Å². The first-order valence-electron chi connectivity index (χ1n) is 9.73. The summed E-state index contributed by atoms with van der Waals surface area (Å²) >= 11 is 0. The van der Waals surface area contributed by atoms with Crippen molar-refractivity contribution in [1.29, 1.82) is 0 Å². The summed E-state index contributed by atoms with van der Waals surface area (Å²) in [5.74, 6) is -0.189. The van der Waals surface area contributed by atoms with E-state index in [2.05, 4.69) is 41.0 Å². The number of carbonyl (C=O) groups excluding carboxylic acids is 1. The van der Waals surface area contributed by atoms with Crippen LogP contribution in [0.15, 0.2) is 84.9 Å². The molecule has 0 saturated carbocycles. The highest BCUT2D eigenvalue weighted by molar-refractivity contribution is 5.94. The Balaban J connectivity index is 1.70. The minimum Gasteiger partial charge on any atom is -0.392 e. The average molecular weight is 386 g/mol. The molecule has 0 spiro atoms. The summed E-state index contributed by atoms with van der Waals surface area (Å²) in [5.41, 5.74) is 5.00. The van der Waals surface area contributed by atoms with Gasteiger partial charge in [0, 0.05) is 24.3 Å². The number of benzene rings is 3. The van der Waals surface area contributed by atoms with Gasteiger partial charge in [-0.25, -0.2) is 0 Å². The fourth-order valence-corrected chi connectivity index (χ4v) is 2.92. The summed E-state index contributed by atoms with van der Waals surface area (Å²) in [6, 6.07) is 27.9. The second-order valence-corrected chi connectivity index (χ2v) is 6.94. The maximum atomic E-state index is 12.1. The van der Waals surface area contributed by atoms with E-state index in [0.29, 0.717) is 12.1 Å². The molecule has 0 bridgehead atoms. The van der Waals surface area contributed by atoms with Crippen LogP contribution in [0, 0.1) is 0 Å². The van der Waals surface area contributed by atoms with Gasteiger partial charge in [-0.3, -0.25) is 4.79 Å². The molecule has 1 atom stereocenters. The van der Waals surface area contributed by atoms with Crippen LogP contribution in [0.5, 0.6) is 0 Å². The second-order valence-electron chi connectivity index (χ2n) is 6.94. The van der Waals surface area contributed by atoms with Crippen molar-refractivity contribution in [3.63, 3.8) is 0 Å². The van der Waals surface area contributed by atoms with Crippen LogP contribution < -0.4 is 10.6 Å². The monoisotopic (exact) mass is 386 g/mol. The minimum absolute atomic E-state index is 0.189. The van der Waals surface area contributed by atoms with Crippen LogP contribution >= 0.6 is 0 Å². The molecule has 3 aromatic rings. The van der Waals surface area contributed by atoms with Gasteiger partial charge in [0.15, 0.2) is 0 Å². The summed E-state index contributed by atoms with van der Waals surface area (Å²) < 4.78 is 0. The van der Waals surface area contributed by atoms with E-state index in [1.165, 1.54) is 5.57 Å². The zero-order valence-corrected chi connectivity index (χ0v) is 16.5. The predicted molar refractivity (Wildman–Crippen MR) is 120 cm³/mol. The van der Waals surface area contributed by atoms with Gasteiger partial charge in [-0.2, -0.15) is 0 Å². The van der Waals surface area contributed by atoms with E-state index < -0.39 is 6.10 Å². The van der Waals surface area contributed by atoms with Gasteiger partial charge in [-0.15, -0.1) is 0 Å². The van der Waals surface area contributed by atoms with E-state index in [-0.39, 0.29) is 12.5 Å². The summed E-state index contributed by atoms with van der Waals surface area (Å²) in [5, 5.41) is 15.4. The minimum atomic E-state index is -0.562. The van der Waals surface area contributed by atoms with Crippen LogP contribution in [-0.4, -0.2) is 30.2 Å². The number of hydrogen-bond donors (Lipinski definition) is 3. The standard InChI is InChI=1S/C25H26N2O2/c1-19(28)17-27-25(29)22-12-14-24(15-13-22)26-18-23(21-10-6-3-7-11-21)16-20-8-4-2-5-9-20/h2-16,19,26,28H,17-18H2,1H3,(H,27,29)/b23-16-. The van der Waals surface area contributed by atoms with Crippen LogP contribution in [0.1, 0.15) is 28.4 Å². The number of rotatable bonds is 8. The lowest BCUT2D eigenvalue weighted by Crippen LogP contribution is -2.30. The van der Waals surface area contributed by atoms with Crippen LogP contribution in [0.25, 0.3) is 11.6 Å². The lowest BCUT2D eigenvalue weighted by Gasteiger charge is -2.12. The van der Waals surface area contributed by atoms with Crippen molar-refractivity contribution >= 4 is 23.2 Å². The predicted octanol–water partition coefficient (Wildman–Crippen LogP) is 4.45. The van der Waals surface area contributed by atoms with E-state index in [4.69, 9.17) is 0 Å². The van der Waals surface area contributed by atoms with Crippen LogP contribution in [0.4, 0.5) is 5.69 Å². The third-order valence-electron chi connectivity index (χ3n) is 4.47. The van der Waals surface area contributed by atoms with E-state index >= 15 is 0 Å². The Morgan fingerprint density at radius 1 is 0.897 bits per heavy atom. The molecular formula is C25H26N2O2. The molecule has 0 radical (unpaired) electrons. The quantitative estimate of drug-likeness (QED) is 0.501. The number of hydrogen-bond acceptors (Lipinski definition) is 3.